The van der Waals surface area contributed by atoms with Gasteiger partial charge in [0.25, 0.3) is 10.0 Å². The fourth-order valence-electron chi connectivity index (χ4n) is 5.31. The Labute approximate surface area is 264 Å². The molecule has 2 heterocycles. The van der Waals surface area contributed by atoms with Crippen LogP contribution in [0.15, 0.2) is 108 Å². The molecule has 4 aromatic carbocycles. The Morgan fingerprint density at radius 2 is 1.71 bits per heavy atom. The second-order valence-corrected chi connectivity index (χ2v) is 12.4. The molecule has 2 aromatic heterocycles. The molecule has 6 rings (SSSR count). The number of aromatic nitrogens is 2. The second kappa shape index (κ2) is 11.7. The molecule has 6 aromatic rings. The number of ether oxygens (including phenoxy) is 1. The quantitative estimate of drug-likeness (QED) is 0.135. The number of fused-ring (bicyclic) bond motifs is 1. The maximum atomic E-state index is 14.9. The summed E-state index contributed by atoms with van der Waals surface area (Å²) in [6, 6.07) is 25.3. The largest absolute Gasteiger partial charge is 0.465 e. The number of nitrogens with zero attached hydrogens (tertiary/aromatic N) is 3. The van der Waals surface area contributed by atoms with Gasteiger partial charge in [-0.15, -0.1) is 0 Å². The van der Waals surface area contributed by atoms with Crippen molar-refractivity contribution in [2.75, 3.05) is 7.11 Å². The number of halogens is 2. The molecule has 0 aliphatic rings. The van der Waals surface area contributed by atoms with Gasteiger partial charge in [-0.3, -0.25) is 4.98 Å². The molecule has 0 unspecified atom stereocenters. The van der Waals surface area contributed by atoms with Gasteiger partial charge in [-0.05, 0) is 61.0 Å². The van der Waals surface area contributed by atoms with E-state index in [1.807, 2.05) is 6.92 Å². The molecule has 45 heavy (non-hydrogen) atoms. The van der Waals surface area contributed by atoms with Gasteiger partial charge in [-0.2, -0.15) is 0 Å². The number of pyridine rings is 1. The number of esters is 1. The zero-order valence-electron chi connectivity index (χ0n) is 24.0. The number of carbonyl (C=O) groups excluding carboxylic acids is 1. The summed E-state index contributed by atoms with van der Waals surface area (Å²) in [7, 11) is -2.99. The monoisotopic (exact) mass is 635 g/mol. The summed E-state index contributed by atoms with van der Waals surface area (Å²) in [6.45, 7) is 9.67. The molecule has 0 aliphatic heterocycles. The minimum Gasteiger partial charge on any atom is -0.465 e. The molecule has 0 saturated carbocycles. The number of rotatable bonds is 6. The van der Waals surface area contributed by atoms with Gasteiger partial charge >= 0.3 is 5.97 Å². The minimum atomic E-state index is -4.27. The van der Waals surface area contributed by atoms with E-state index in [2.05, 4.69) is 9.83 Å². The maximum absolute atomic E-state index is 14.9. The van der Waals surface area contributed by atoms with Crippen molar-refractivity contribution in [3.8, 4) is 33.6 Å². The van der Waals surface area contributed by atoms with E-state index in [0.29, 0.717) is 16.7 Å². The average molecular weight is 636 g/mol. The number of hydrogen-bond donors (Lipinski definition) is 0. The van der Waals surface area contributed by atoms with E-state index in [0.717, 1.165) is 5.56 Å². The van der Waals surface area contributed by atoms with Crippen molar-refractivity contribution in [1.29, 1.82) is 0 Å². The lowest BCUT2D eigenvalue weighted by atomic mass is 9.97. The molecule has 0 amide bonds. The third kappa shape index (κ3) is 5.24. The molecule has 222 valence electrons. The Kier molecular flexibility index (Phi) is 7.71. The highest BCUT2D eigenvalue weighted by Gasteiger charge is 2.30. The highest BCUT2D eigenvalue weighted by molar-refractivity contribution is 7.90. The first-order chi connectivity index (χ1) is 21.6. The predicted molar refractivity (Wildman–Crippen MR) is 172 cm³/mol. The number of benzene rings is 4. The summed E-state index contributed by atoms with van der Waals surface area (Å²) < 4.78 is 49.9. The first-order valence-electron chi connectivity index (χ1n) is 13.6. The third-order valence-corrected chi connectivity index (χ3v) is 9.47. The highest BCUT2D eigenvalue weighted by atomic mass is 35.5. The van der Waals surface area contributed by atoms with Crippen molar-refractivity contribution in [3.63, 3.8) is 0 Å². The lowest BCUT2D eigenvalue weighted by Crippen LogP contribution is -2.14. The molecular formula is C35H23ClFN3O4S. The van der Waals surface area contributed by atoms with Crippen molar-refractivity contribution >= 4 is 44.2 Å². The van der Waals surface area contributed by atoms with Crippen LogP contribution in [0.2, 0.25) is 5.02 Å². The average Bonchev–Trinajstić information content (AvgIpc) is 3.39. The Balaban J connectivity index is 1.71. The van der Waals surface area contributed by atoms with E-state index in [4.69, 9.17) is 22.9 Å². The van der Waals surface area contributed by atoms with Crippen LogP contribution in [0, 0.1) is 19.3 Å². The van der Waals surface area contributed by atoms with Gasteiger partial charge in [0.1, 0.15) is 5.82 Å². The lowest BCUT2D eigenvalue weighted by Gasteiger charge is -2.15. The van der Waals surface area contributed by atoms with E-state index >= 15 is 0 Å². The van der Waals surface area contributed by atoms with E-state index < -0.39 is 21.8 Å². The van der Waals surface area contributed by atoms with Crippen LogP contribution in [0.3, 0.4) is 0 Å². The zero-order chi connectivity index (χ0) is 31.9. The Morgan fingerprint density at radius 1 is 0.956 bits per heavy atom. The van der Waals surface area contributed by atoms with E-state index in [9.17, 15) is 17.6 Å². The predicted octanol–water partition coefficient (Wildman–Crippen LogP) is 8.71. The number of methoxy groups -OCH3 is 1. The first-order valence-corrected chi connectivity index (χ1v) is 15.4. The molecule has 7 nitrogen and oxygen atoms in total. The topological polar surface area (TPSA) is 82.6 Å². The zero-order valence-corrected chi connectivity index (χ0v) is 25.5. The summed E-state index contributed by atoms with van der Waals surface area (Å²) in [6.07, 6.45) is 1.50. The smallest absolute Gasteiger partial charge is 0.337 e. The van der Waals surface area contributed by atoms with Crippen LogP contribution in [0.4, 0.5) is 10.1 Å². The van der Waals surface area contributed by atoms with E-state index in [1.165, 1.54) is 53.7 Å². The second-order valence-electron chi connectivity index (χ2n) is 10.2. The summed E-state index contributed by atoms with van der Waals surface area (Å²) in [5.74, 6) is -1.11. The van der Waals surface area contributed by atoms with E-state index in [1.54, 1.807) is 60.7 Å². The normalized spacial score (nSPS) is 11.4. The molecule has 0 radical (unpaired) electrons. The SMILES string of the molecule is [C-]#[N+]c1cccnc1-c1c(-c2cccc(-c3ccc(C(=O)OC)cc3Cl)c2)n(S(=O)(=O)c2ccc(C)cc2)c2ccc(F)cc12. The van der Waals surface area contributed by atoms with Gasteiger partial charge in [-0.1, -0.05) is 65.7 Å². The van der Waals surface area contributed by atoms with E-state index in [-0.39, 0.29) is 49.0 Å². The van der Waals surface area contributed by atoms with Crippen LogP contribution < -0.4 is 0 Å². The molecule has 0 aliphatic carbocycles. The molecular weight excluding hydrogens is 613 g/mol. The van der Waals surface area contributed by atoms with Crippen LogP contribution in [0.1, 0.15) is 15.9 Å². The van der Waals surface area contributed by atoms with Gasteiger partial charge in [0.15, 0.2) is 0 Å². The van der Waals surface area contributed by atoms with Gasteiger partial charge in [0, 0.05) is 33.3 Å². The van der Waals surface area contributed by atoms with Crippen LogP contribution in [0.25, 0.3) is 49.4 Å². The maximum Gasteiger partial charge on any atom is 0.337 e. The number of hydrogen-bond acceptors (Lipinski definition) is 5. The molecule has 10 heteroatoms. The van der Waals surface area contributed by atoms with Crippen molar-refractivity contribution in [2.24, 2.45) is 0 Å². The van der Waals surface area contributed by atoms with Gasteiger partial charge in [-0.25, -0.2) is 26.4 Å². The first kappa shape index (κ1) is 29.8. The third-order valence-electron chi connectivity index (χ3n) is 7.43. The molecule has 0 fully saturated rings. The Morgan fingerprint density at radius 3 is 2.42 bits per heavy atom. The molecule has 0 atom stereocenters. The van der Waals surface area contributed by atoms with Crippen molar-refractivity contribution in [2.45, 2.75) is 11.8 Å². The van der Waals surface area contributed by atoms with Gasteiger partial charge in [0.05, 0.1) is 41.0 Å². The van der Waals surface area contributed by atoms with Crippen LogP contribution in [0.5, 0.6) is 0 Å². The molecule has 0 N–H and O–H groups in total. The van der Waals surface area contributed by atoms with Crippen molar-refractivity contribution < 1.29 is 22.3 Å². The van der Waals surface area contributed by atoms with Gasteiger partial charge in [0.2, 0.25) is 5.69 Å². The van der Waals surface area contributed by atoms with Crippen molar-refractivity contribution in [3.05, 3.63) is 137 Å². The fourth-order valence-corrected chi connectivity index (χ4v) is 7.15. The highest BCUT2D eigenvalue weighted by Crippen LogP contribution is 2.46. The van der Waals surface area contributed by atoms with Crippen LogP contribution >= 0.6 is 11.6 Å². The summed E-state index contributed by atoms with van der Waals surface area (Å²) in [5, 5.41) is 0.556. The van der Waals surface area contributed by atoms with Crippen LogP contribution in [-0.2, 0) is 14.8 Å². The number of carbonyl (C=O) groups is 1. The summed E-state index contributed by atoms with van der Waals surface area (Å²) in [4.78, 5) is 20.2. The Bertz CT molecular complexity index is 2290. The lowest BCUT2D eigenvalue weighted by molar-refractivity contribution is 0.0600. The molecule has 0 saturated heterocycles. The fraction of sp³-hybridized carbons (Fsp3) is 0.0571. The molecule has 0 spiro atoms. The molecule has 0 bridgehead atoms. The van der Waals surface area contributed by atoms with Crippen LogP contribution in [-0.4, -0.2) is 30.5 Å². The summed E-state index contributed by atoms with van der Waals surface area (Å²) in [5.41, 5.74) is 3.91. The standard InChI is InChI=1S/C35H23ClFN3O4S/c1-21-9-13-26(14-10-21)45(42,43)40-31-16-12-25(37)20-28(31)32(33-30(38-2)8-5-17-39-33)34(40)23-7-4-6-22(18-23)27-15-11-24(19-29(27)36)35(41)44-3/h4-20H,1,3H3. The van der Waals surface area contributed by atoms with Crippen molar-refractivity contribution in [1.82, 2.24) is 8.96 Å². The summed E-state index contributed by atoms with van der Waals surface area (Å²) >= 11 is 6.61. The Hall–Kier alpha value is -5.30. The number of aryl methyl sites for hydroxylation is 1. The van der Waals surface area contributed by atoms with Gasteiger partial charge < -0.3 is 4.74 Å². The minimum absolute atomic E-state index is 0.0335.